The number of nitrogens with zero attached hydrogens (tertiary/aromatic N) is 1. The molecule has 2 aromatic carbocycles. The van der Waals surface area contributed by atoms with Crippen LogP contribution in [0.2, 0.25) is 0 Å². The lowest BCUT2D eigenvalue weighted by Crippen LogP contribution is -2.32. The summed E-state index contributed by atoms with van der Waals surface area (Å²) in [5.74, 6) is 0. The predicted molar refractivity (Wildman–Crippen MR) is 83.8 cm³/mol. The van der Waals surface area contributed by atoms with E-state index in [1.807, 2.05) is 62.6 Å². The van der Waals surface area contributed by atoms with Gasteiger partial charge in [-0.2, -0.15) is 0 Å². The van der Waals surface area contributed by atoms with Crippen molar-refractivity contribution in [2.24, 2.45) is 0 Å². The normalized spacial score (nSPS) is 14.2. The van der Waals surface area contributed by atoms with Crippen molar-refractivity contribution in [1.82, 2.24) is 4.90 Å². The quantitative estimate of drug-likeness (QED) is 0.901. The minimum atomic E-state index is -0.934. The van der Waals surface area contributed by atoms with Crippen LogP contribution in [0.4, 0.5) is 0 Å². The van der Waals surface area contributed by atoms with E-state index in [9.17, 15) is 5.11 Å². The third-order valence-electron chi connectivity index (χ3n) is 3.76. The maximum Gasteiger partial charge on any atom is 0.116 e. The van der Waals surface area contributed by atoms with Crippen molar-refractivity contribution in [3.05, 3.63) is 71.3 Å². The Morgan fingerprint density at radius 1 is 0.950 bits per heavy atom. The second kappa shape index (κ2) is 6.21. The lowest BCUT2D eigenvalue weighted by atomic mass is 9.81. The molecule has 20 heavy (non-hydrogen) atoms. The van der Waals surface area contributed by atoms with Crippen LogP contribution in [0.5, 0.6) is 0 Å². The maximum absolute atomic E-state index is 11.4. The second-order valence-corrected chi connectivity index (χ2v) is 5.59. The molecule has 0 amide bonds. The van der Waals surface area contributed by atoms with Crippen molar-refractivity contribution in [1.29, 1.82) is 0 Å². The number of aryl methyl sites for hydroxylation is 1. The molecule has 0 unspecified atom stereocenters. The molecular formula is C18H23NO. The fraction of sp³-hybridized carbons (Fsp3) is 0.333. The molecule has 0 aromatic heterocycles. The predicted octanol–water partition coefficient (Wildman–Crippen LogP) is 3.18. The SMILES string of the molecule is Cc1ccccc1[C@](O)(CCN(C)C)c1ccccc1. The molecule has 0 saturated heterocycles. The topological polar surface area (TPSA) is 23.5 Å². The van der Waals surface area contributed by atoms with Gasteiger partial charge in [-0.15, -0.1) is 0 Å². The van der Waals surface area contributed by atoms with Crippen molar-refractivity contribution >= 4 is 0 Å². The molecule has 0 radical (unpaired) electrons. The summed E-state index contributed by atoms with van der Waals surface area (Å²) in [4.78, 5) is 2.10. The molecule has 2 nitrogen and oxygen atoms in total. The van der Waals surface area contributed by atoms with E-state index in [1.165, 1.54) is 0 Å². The minimum absolute atomic E-state index is 0.675. The molecule has 2 rings (SSSR count). The van der Waals surface area contributed by atoms with Gasteiger partial charge in [0.25, 0.3) is 0 Å². The summed E-state index contributed by atoms with van der Waals surface area (Å²) in [6.45, 7) is 2.89. The lowest BCUT2D eigenvalue weighted by molar-refractivity contribution is 0.0623. The van der Waals surface area contributed by atoms with Gasteiger partial charge in [0.2, 0.25) is 0 Å². The summed E-state index contributed by atoms with van der Waals surface area (Å²) in [5.41, 5.74) is 2.14. The number of aliphatic hydroxyl groups is 1. The molecule has 0 fully saturated rings. The first-order valence-corrected chi connectivity index (χ1v) is 7.03. The summed E-state index contributed by atoms with van der Waals surface area (Å²) >= 11 is 0. The van der Waals surface area contributed by atoms with Gasteiger partial charge in [-0.3, -0.25) is 0 Å². The van der Waals surface area contributed by atoms with Gasteiger partial charge in [0, 0.05) is 6.54 Å². The Morgan fingerprint density at radius 2 is 1.55 bits per heavy atom. The molecule has 0 heterocycles. The number of benzene rings is 2. The van der Waals surface area contributed by atoms with Crippen LogP contribution >= 0.6 is 0 Å². The van der Waals surface area contributed by atoms with Crippen molar-refractivity contribution in [2.75, 3.05) is 20.6 Å². The van der Waals surface area contributed by atoms with Crippen LogP contribution in [0.3, 0.4) is 0 Å². The van der Waals surface area contributed by atoms with Crippen LogP contribution in [0, 0.1) is 6.92 Å². The molecule has 2 aromatic rings. The van der Waals surface area contributed by atoms with Crippen LogP contribution < -0.4 is 0 Å². The van der Waals surface area contributed by atoms with Crippen LogP contribution in [0.25, 0.3) is 0 Å². The average molecular weight is 269 g/mol. The van der Waals surface area contributed by atoms with Crippen LogP contribution in [0.1, 0.15) is 23.1 Å². The third kappa shape index (κ3) is 3.09. The van der Waals surface area contributed by atoms with E-state index in [1.54, 1.807) is 0 Å². The standard InChI is InChI=1S/C18H23NO/c1-15-9-7-8-12-17(15)18(20,13-14-19(2)3)16-10-5-4-6-11-16/h4-12,20H,13-14H2,1-3H3/t18-/m0/s1. The Morgan fingerprint density at radius 3 is 2.15 bits per heavy atom. The largest absolute Gasteiger partial charge is 0.380 e. The molecule has 0 aliphatic rings. The van der Waals surface area contributed by atoms with Gasteiger partial charge in [-0.25, -0.2) is 0 Å². The molecule has 2 heteroatoms. The van der Waals surface area contributed by atoms with Crippen molar-refractivity contribution < 1.29 is 5.11 Å². The van der Waals surface area contributed by atoms with E-state index in [4.69, 9.17) is 0 Å². The first-order valence-electron chi connectivity index (χ1n) is 7.03. The van der Waals surface area contributed by atoms with Crippen LogP contribution in [-0.2, 0) is 5.60 Å². The molecule has 0 aliphatic carbocycles. The lowest BCUT2D eigenvalue weighted by Gasteiger charge is -2.32. The number of hydrogen-bond donors (Lipinski definition) is 1. The highest BCUT2D eigenvalue weighted by Gasteiger charge is 2.32. The molecule has 1 N–H and O–H groups in total. The molecule has 0 aliphatic heterocycles. The van der Waals surface area contributed by atoms with E-state index in [0.717, 1.165) is 23.2 Å². The van der Waals surface area contributed by atoms with Crippen molar-refractivity contribution in [2.45, 2.75) is 18.9 Å². The van der Waals surface area contributed by atoms with Crippen molar-refractivity contribution in [3.63, 3.8) is 0 Å². The van der Waals surface area contributed by atoms with E-state index in [2.05, 4.69) is 17.9 Å². The molecule has 0 bridgehead atoms. The molecule has 1 atom stereocenters. The van der Waals surface area contributed by atoms with Crippen molar-refractivity contribution in [3.8, 4) is 0 Å². The van der Waals surface area contributed by atoms with Gasteiger partial charge in [-0.05, 0) is 44.1 Å². The van der Waals surface area contributed by atoms with E-state index in [0.29, 0.717) is 6.42 Å². The van der Waals surface area contributed by atoms with E-state index in [-0.39, 0.29) is 0 Å². The van der Waals surface area contributed by atoms with Gasteiger partial charge >= 0.3 is 0 Å². The minimum Gasteiger partial charge on any atom is -0.380 e. The first-order chi connectivity index (χ1) is 9.54. The highest BCUT2D eigenvalue weighted by Crippen LogP contribution is 2.34. The van der Waals surface area contributed by atoms with Gasteiger partial charge in [0.15, 0.2) is 0 Å². The zero-order valence-corrected chi connectivity index (χ0v) is 12.5. The fourth-order valence-corrected chi connectivity index (χ4v) is 2.57. The zero-order valence-electron chi connectivity index (χ0n) is 12.5. The van der Waals surface area contributed by atoms with Gasteiger partial charge in [0.1, 0.15) is 5.60 Å². The monoisotopic (exact) mass is 269 g/mol. The second-order valence-electron chi connectivity index (χ2n) is 5.59. The Labute approximate surface area is 121 Å². The molecule has 106 valence electrons. The third-order valence-corrected chi connectivity index (χ3v) is 3.76. The van der Waals surface area contributed by atoms with Gasteiger partial charge in [0.05, 0.1) is 0 Å². The zero-order chi connectivity index (χ0) is 14.6. The number of hydrogen-bond acceptors (Lipinski definition) is 2. The highest BCUT2D eigenvalue weighted by atomic mass is 16.3. The molecular weight excluding hydrogens is 246 g/mol. The van der Waals surface area contributed by atoms with E-state index < -0.39 is 5.60 Å². The molecule has 0 saturated carbocycles. The van der Waals surface area contributed by atoms with Crippen LogP contribution in [0.15, 0.2) is 54.6 Å². The Hall–Kier alpha value is -1.64. The Bertz CT molecular complexity index is 550. The fourth-order valence-electron chi connectivity index (χ4n) is 2.57. The van der Waals surface area contributed by atoms with Gasteiger partial charge < -0.3 is 10.0 Å². The smallest absolute Gasteiger partial charge is 0.116 e. The average Bonchev–Trinajstić information content (AvgIpc) is 2.46. The maximum atomic E-state index is 11.4. The van der Waals surface area contributed by atoms with Crippen LogP contribution in [-0.4, -0.2) is 30.6 Å². The summed E-state index contributed by atoms with van der Waals surface area (Å²) in [5, 5.41) is 11.4. The summed E-state index contributed by atoms with van der Waals surface area (Å²) in [6, 6.07) is 18.0. The molecule has 0 spiro atoms. The Kier molecular flexibility index (Phi) is 4.58. The summed E-state index contributed by atoms with van der Waals surface area (Å²) in [6.07, 6.45) is 0.675. The summed E-state index contributed by atoms with van der Waals surface area (Å²) < 4.78 is 0. The van der Waals surface area contributed by atoms with Gasteiger partial charge in [-0.1, -0.05) is 54.6 Å². The summed E-state index contributed by atoms with van der Waals surface area (Å²) in [7, 11) is 4.06. The van der Waals surface area contributed by atoms with E-state index >= 15 is 0 Å². The first kappa shape index (κ1) is 14.8. The number of rotatable bonds is 5. The highest BCUT2D eigenvalue weighted by molar-refractivity contribution is 5.40. The Balaban J connectivity index is 2.47.